The smallest absolute Gasteiger partial charge is 0.130 e. The van der Waals surface area contributed by atoms with E-state index in [-0.39, 0.29) is 5.41 Å². The molecule has 2 N–H and O–H groups in total. The van der Waals surface area contributed by atoms with Crippen LogP contribution >= 0.6 is 15.9 Å². The van der Waals surface area contributed by atoms with Crippen molar-refractivity contribution < 1.29 is 10.2 Å². The van der Waals surface area contributed by atoms with Crippen LogP contribution in [0.25, 0.3) is 0 Å². The first-order valence-corrected chi connectivity index (χ1v) is 9.41. The van der Waals surface area contributed by atoms with Crippen LogP contribution in [0, 0.1) is 29.6 Å². The lowest BCUT2D eigenvalue weighted by molar-refractivity contribution is -0.0647. The average molecular weight is 375 g/mol. The first-order chi connectivity index (χ1) is 10.9. The van der Waals surface area contributed by atoms with Gasteiger partial charge in [-0.05, 0) is 89.4 Å². The van der Waals surface area contributed by atoms with Gasteiger partial charge in [-0.15, -0.1) is 6.42 Å². The quantitative estimate of drug-likeness (QED) is 0.661. The van der Waals surface area contributed by atoms with E-state index in [1.165, 1.54) is 11.1 Å². The number of aromatic hydroxyl groups is 1. The lowest BCUT2D eigenvalue weighted by atomic mass is 9.53. The molecule has 2 nitrogen and oxygen atoms in total. The summed E-state index contributed by atoms with van der Waals surface area (Å²) in [6, 6.07) is 3.92. The fraction of sp³-hybridized carbons (Fsp3) is 0.600. The molecule has 0 bridgehead atoms. The molecule has 0 heterocycles. The average Bonchev–Trinajstić information content (AvgIpc) is 2.83. The molecule has 0 saturated heterocycles. The minimum absolute atomic E-state index is 0.144. The highest BCUT2D eigenvalue weighted by Crippen LogP contribution is 2.64. The number of halogens is 1. The number of phenolic OH excluding ortho intramolecular Hbond substituents is 1. The molecule has 0 amide bonds. The van der Waals surface area contributed by atoms with E-state index >= 15 is 0 Å². The highest BCUT2D eigenvalue weighted by atomic mass is 79.9. The van der Waals surface area contributed by atoms with E-state index in [0.29, 0.717) is 23.5 Å². The fourth-order valence-corrected chi connectivity index (χ4v) is 6.42. The maximum Gasteiger partial charge on any atom is 0.130 e. The first kappa shape index (κ1) is 15.5. The second kappa shape index (κ2) is 5.01. The van der Waals surface area contributed by atoms with Gasteiger partial charge in [-0.1, -0.05) is 18.9 Å². The summed E-state index contributed by atoms with van der Waals surface area (Å²) >= 11 is 3.56. The van der Waals surface area contributed by atoms with Gasteiger partial charge in [-0.25, -0.2) is 0 Å². The molecule has 3 heteroatoms. The van der Waals surface area contributed by atoms with E-state index in [0.717, 1.165) is 43.0 Å². The summed E-state index contributed by atoms with van der Waals surface area (Å²) in [5.41, 5.74) is 1.59. The number of hydrogen-bond acceptors (Lipinski definition) is 2. The Bertz CT molecular complexity index is 706. The SMILES string of the molecule is C#C[C@]1(O)CC[C@H]2[C@@H]3CCc4c(ccc(O)c4Br)[C@H]3CC[C@@]21C. The van der Waals surface area contributed by atoms with Gasteiger partial charge in [0.05, 0.1) is 4.47 Å². The van der Waals surface area contributed by atoms with Gasteiger partial charge < -0.3 is 10.2 Å². The van der Waals surface area contributed by atoms with Crippen LogP contribution in [0.2, 0.25) is 0 Å². The van der Waals surface area contributed by atoms with E-state index in [1.807, 2.05) is 6.07 Å². The topological polar surface area (TPSA) is 40.5 Å². The van der Waals surface area contributed by atoms with Crippen molar-refractivity contribution in [3.05, 3.63) is 27.7 Å². The Morgan fingerprint density at radius 2 is 2.04 bits per heavy atom. The molecule has 1 aromatic rings. The zero-order chi connectivity index (χ0) is 16.4. The molecule has 0 spiro atoms. The second-order valence-electron chi connectivity index (χ2n) is 7.88. The van der Waals surface area contributed by atoms with Crippen molar-refractivity contribution in [2.24, 2.45) is 17.3 Å². The first-order valence-electron chi connectivity index (χ1n) is 8.61. The summed E-state index contributed by atoms with van der Waals surface area (Å²) in [6.07, 6.45) is 11.7. The van der Waals surface area contributed by atoms with E-state index in [1.54, 1.807) is 0 Å². The molecule has 0 radical (unpaired) electrons. The Hall–Kier alpha value is -0.980. The van der Waals surface area contributed by atoms with Gasteiger partial charge in [0.15, 0.2) is 0 Å². The summed E-state index contributed by atoms with van der Waals surface area (Å²) in [5, 5.41) is 20.9. The van der Waals surface area contributed by atoms with E-state index in [2.05, 4.69) is 34.8 Å². The van der Waals surface area contributed by atoms with Crippen LogP contribution in [-0.2, 0) is 6.42 Å². The van der Waals surface area contributed by atoms with Crippen molar-refractivity contribution in [1.82, 2.24) is 0 Å². The lowest BCUT2D eigenvalue weighted by Gasteiger charge is -2.52. The molecule has 0 aromatic heterocycles. The molecule has 4 rings (SSSR count). The standard InChI is InChI=1S/C20H23BrO2/c1-3-20(23)11-9-16-14-4-5-15-12(6-7-17(22)18(15)21)13(14)8-10-19(16,20)2/h1,6-7,13-14,16,22-23H,4-5,8-11H2,2H3/t13-,14-,16+,19+,20+/m1/s1. The number of hydrogen-bond donors (Lipinski definition) is 2. The highest BCUT2D eigenvalue weighted by Gasteiger charge is 2.61. The summed E-state index contributed by atoms with van der Waals surface area (Å²) in [7, 11) is 0. The Balaban J connectivity index is 1.74. The van der Waals surface area contributed by atoms with Crippen LogP contribution in [0.5, 0.6) is 5.75 Å². The fourth-order valence-electron chi connectivity index (χ4n) is 5.87. The molecular formula is C20H23BrO2. The van der Waals surface area contributed by atoms with Crippen LogP contribution < -0.4 is 0 Å². The molecule has 2 fully saturated rings. The molecule has 1 aromatic carbocycles. The number of rotatable bonds is 0. The molecule has 2 saturated carbocycles. The van der Waals surface area contributed by atoms with Crippen molar-refractivity contribution in [2.45, 2.75) is 57.0 Å². The number of terminal acetylenes is 1. The molecule has 3 aliphatic rings. The van der Waals surface area contributed by atoms with Crippen LogP contribution in [0.3, 0.4) is 0 Å². The number of aliphatic hydroxyl groups is 1. The third kappa shape index (κ3) is 1.91. The van der Waals surface area contributed by atoms with Gasteiger partial charge in [0.1, 0.15) is 11.4 Å². The van der Waals surface area contributed by atoms with Gasteiger partial charge in [0.2, 0.25) is 0 Å². The van der Waals surface area contributed by atoms with Gasteiger partial charge >= 0.3 is 0 Å². The van der Waals surface area contributed by atoms with Crippen molar-refractivity contribution >= 4 is 15.9 Å². The number of phenols is 1. The van der Waals surface area contributed by atoms with E-state index in [4.69, 9.17) is 6.42 Å². The van der Waals surface area contributed by atoms with Gasteiger partial charge in [-0.2, -0.15) is 0 Å². The minimum atomic E-state index is -0.932. The molecule has 0 unspecified atom stereocenters. The Morgan fingerprint density at radius 1 is 1.26 bits per heavy atom. The van der Waals surface area contributed by atoms with Gasteiger partial charge in [0.25, 0.3) is 0 Å². The van der Waals surface area contributed by atoms with Crippen molar-refractivity contribution in [1.29, 1.82) is 0 Å². The molecular weight excluding hydrogens is 352 g/mol. The summed E-state index contributed by atoms with van der Waals surface area (Å²) in [5.74, 6) is 4.70. The minimum Gasteiger partial charge on any atom is -0.507 e. The van der Waals surface area contributed by atoms with Gasteiger partial charge in [0, 0.05) is 5.41 Å². The van der Waals surface area contributed by atoms with E-state index < -0.39 is 5.60 Å². The monoisotopic (exact) mass is 374 g/mol. The normalized spacial score (nSPS) is 41.6. The maximum absolute atomic E-state index is 10.9. The van der Waals surface area contributed by atoms with Crippen LogP contribution in [-0.4, -0.2) is 15.8 Å². The molecule has 122 valence electrons. The second-order valence-corrected chi connectivity index (χ2v) is 8.67. The summed E-state index contributed by atoms with van der Waals surface area (Å²) in [4.78, 5) is 0. The van der Waals surface area contributed by atoms with E-state index in [9.17, 15) is 10.2 Å². The van der Waals surface area contributed by atoms with Crippen LogP contribution in [0.4, 0.5) is 0 Å². The number of benzene rings is 1. The Kier molecular flexibility index (Phi) is 3.38. The zero-order valence-electron chi connectivity index (χ0n) is 13.5. The molecule has 23 heavy (non-hydrogen) atoms. The third-order valence-corrected chi connectivity index (χ3v) is 8.10. The molecule has 0 aliphatic heterocycles. The largest absolute Gasteiger partial charge is 0.507 e. The number of fused-ring (bicyclic) bond motifs is 5. The summed E-state index contributed by atoms with van der Waals surface area (Å²) < 4.78 is 0.869. The third-order valence-electron chi connectivity index (χ3n) is 7.21. The van der Waals surface area contributed by atoms with Crippen LogP contribution in [0.15, 0.2) is 16.6 Å². The predicted octanol–water partition coefficient (Wildman–Crippen LogP) is 4.38. The maximum atomic E-state index is 10.9. The lowest BCUT2D eigenvalue weighted by Crippen LogP contribution is -2.50. The Labute approximate surface area is 146 Å². The summed E-state index contributed by atoms with van der Waals surface area (Å²) in [6.45, 7) is 2.21. The van der Waals surface area contributed by atoms with Gasteiger partial charge in [-0.3, -0.25) is 0 Å². The van der Waals surface area contributed by atoms with Crippen molar-refractivity contribution in [2.75, 3.05) is 0 Å². The molecule has 3 aliphatic carbocycles. The zero-order valence-corrected chi connectivity index (χ0v) is 15.1. The van der Waals surface area contributed by atoms with Crippen LogP contribution in [0.1, 0.15) is 56.1 Å². The van der Waals surface area contributed by atoms with Crippen molar-refractivity contribution in [3.63, 3.8) is 0 Å². The Morgan fingerprint density at radius 3 is 2.78 bits per heavy atom. The predicted molar refractivity (Wildman–Crippen MR) is 94.2 cm³/mol. The van der Waals surface area contributed by atoms with Crippen molar-refractivity contribution in [3.8, 4) is 18.1 Å². The highest BCUT2D eigenvalue weighted by molar-refractivity contribution is 9.10. The molecule has 5 atom stereocenters.